The summed E-state index contributed by atoms with van der Waals surface area (Å²) in [5.74, 6) is -0.429. The molecule has 3 N–H and O–H groups in total. The molecule has 2 aromatic carbocycles. The van der Waals surface area contributed by atoms with Gasteiger partial charge in [-0.1, -0.05) is 15.9 Å². The molecule has 0 unspecified atom stereocenters. The summed E-state index contributed by atoms with van der Waals surface area (Å²) < 4.78 is 0.728. The van der Waals surface area contributed by atoms with Gasteiger partial charge in [0.05, 0.1) is 17.3 Å². The van der Waals surface area contributed by atoms with Gasteiger partial charge in [-0.2, -0.15) is 5.10 Å². The van der Waals surface area contributed by atoms with E-state index in [9.17, 15) is 9.90 Å². The van der Waals surface area contributed by atoms with E-state index in [4.69, 9.17) is 0 Å². The number of nitrogens with one attached hydrogen (secondary N) is 2. The minimum Gasteiger partial charge on any atom is -0.507 e. The largest absolute Gasteiger partial charge is 0.507 e. The summed E-state index contributed by atoms with van der Waals surface area (Å²) in [6.07, 6.45) is 1.68. The van der Waals surface area contributed by atoms with E-state index in [1.807, 2.05) is 12.1 Å². The summed E-state index contributed by atoms with van der Waals surface area (Å²) in [7, 11) is 0. The Labute approximate surface area is 122 Å². The fraction of sp³-hybridized carbons (Fsp3) is 0. The van der Waals surface area contributed by atoms with Gasteiger partial charge in [-0.25, -0.2) is 0 Å². The molecule has 0 atom stereocenters. The standard InChI is InChI=1S/C14H10BrN3O2/c15-9-1-4-13(19)11(6-9)14(20)17-10-2-3-12-8(5-10)7-16-18-12/h1-7,19H,(H,16,18)(H,17,20). The molecule has 0 bridgehead atoms. The molecule has 0 aliphatic carbocycles. The summed E-state index contributed by atoms with van der Waals surface area (Å²) in [5, 5.41) is 20.1. The second kappa shape index (κ2) is 4.97. The van der Waals surface area contributed by atoms with Crippen LogP contribution in [-0.2, 0) is 0 Å². The van der Waals surface area contributed by atoms with Crippen molar-refractivity contribution in [1.29, 1.82) is 0 Å². The Bertz CT molecular complexity index is 798. The van der Waals surface area contributed by atoms with Crippen molar-refractivity contribution in [3.63, 3.8) is 0 Å². The van der Waals surface area contributed by atoms with Gasteiger partial charge in [0.2, 0.25) is 0 Å². The number of fused-ring (bicyclic) bond motifs is 1. The first-order valence-corrected chi connectivity index (χ1v) is 6.66. The molecule has 20 heavy (non-hydrogen) atoms. The average Bonchev–Trinajstić information content (AvgIpc) is 2.89. The molecular weight excluding hydrogens is 322 g/mol. The van der Waals surface area contributed by atoms with Gasteiger partial charge in [0.15, 0.2) is 0 Å². The van der Waals surface area contributed by atoms with Crippen molar-refractivity contribution in [1.82, 2.24) is 10.2 Å². The summed E-state index contributed by atoms with van der Waals surface area (Å²) >= 11 is 3.27. The molecule has 0 aliphatic heterocycles. The monoisotopic (exact) mass is 331 g/mol. The van der Waals surface area contributed by atoms with E-state index in [-0.39, 0.29) is 17.2 Å². The second-order valence-electron chi connectivity index (χ2n) is 4.29. The van der Waals surface area contributed by atoms with Crippen LogP contribution in [0.1, 0.15) is 10.4 Å². The maximum absolute atomic E-state index is 12.1. The number of carbonyl (C=O) groups is 1. The number of hydrogen-bond acceptors (Lipinski definition) is 3. The highest BCUT2D eigenvalue weighted by molar-refractivity contribution is 9.10. The van der Waals surface area contributed by atoms with Crippen molar-refractivity contribution >= 4 is 38.4 Å². The number of rotatable bonds is 2. The summed E-state index contributed by atoms with van der Waals surface area (Å²) in [4.78, 5) is 12.1. The highest BCUT2D eigenvalue weighted by atomic mass is 79.9. The third kappa shape index (κ3) is 2.37. The van der Waals surface area contributed by atoms with Gasteiger partial charge >= 0.3 is 0 Å². The number of benzene rings is 2. The Kier molecular flexibility index (Phi) is 3.15. The first kappa shape index (κ1) is 12.7. The molecular formula is C14H10BrN3O2. The Morgan fingerprint density at radius 1 is 1.25 bits per heavy atom. The first-order chi connectivity index (χ1) is 9.63. The molecule has 5 nitrogen and oxygen atoms in total. The quantitative estimate of drug-likeness (QED) is 0.674. The minimum atomic E-state index is -0.369. The molecule has 1 amide bonds. The van der Waals surface area contributed by atoms with E-state index in [1.165, 1.54) is 6.07 Å². The highest BCUT2D eigenvalue weighted by Crippen LogP contribution is 2.23. The number of H-pyrrole nitrogens is 1. The van der Waals surface area contributed by atoms with Gasteiger partial charge < -0.3 is 10.4 Å². The Morgan fingerprint density at radius 3 is 2.95 bits per heavy atom. The third-order valence-corrected chi connectivity index (χ3v) is 3.39. The van der Waals surface area contributed by atoms with Crippen LogP contribution < -0.4 is 5.32 Å². The zero-order chi connectivity index (χ0) is 14.1. The number of nitrogens with zero attached hydrogens (tertiary/aromatic N) is 1. The number of aromatic amines is 1. The predicted octanol–water partition coefficient (Wildman–Crippen LogP) is 3.28. The first-order valence-electron chi connectivity index (χ1n) is 5.86. The number of hydrogen-bond donors (Lipinski definition) is 3. The zero-order valence-corrected chi connectivity index (χ0v) is 11.8. The fourth-order valence-corrected chi connectivity index (χ4v) is 2.27. The smallest absolute Gasteiger partial charge is 0.259 e. The Hall–Kier alpha value is -2.34. The van der Waals surface area contributed by atoms with Crippen LogP contribution in [0.25, 0.3) is 10.9 Å². The molecule has 0 saturated carbocycles. The molecule has 3 rings (SSSR count). The molecule has 3 aromatic rings. The van der Waals surface area contributed by atoms with Crippen LogP contribution in [-0.4, -0.2) is 21.2 Å². The number of amides is 1. The third-order valence-electron chi connectivity index (χ3n) is 2.90. The fourth-order valence-electron chi connectivity index (χ4n) is 1.91. The molecule has 1 aromatic heterocycles. The van der Waals surface area contributed by atoms with Crippen molar-refractivity contribution in [2.24, 2.45) is 0 Å². The number of phenols is 1. The van der Waals surface area contributed by atoms with Crippen LogP contribution in [0.3, 0.4) is 0 Å². The maximum Gasteiger partial charge on any atom is 0.259 e. The van der Waals surface area contributed by atoms with Crippen molar-refractivity contribution in [2.75, 3.05) is 5.32 Å². The minimum absolute atomic E-state index is 0.0601. The average molecular weight is 332 g/mol. The van der Waals surface area contributed by atoms with E-state index in [0.29, 0.717) is 5.69 Å². The van der Waals surface area contributed by atoms with E-state index in [0.717, 1.165) is 15.4 Å². The maximum atomic E-state index is 12.1. The summed E-state index contributed by atoms with van der Waals surface area (Å²) in [5.41, 5.74) is 1.75. The number of halogens is 1. The lowest BCUT2D eigenvalue weighted by atomic mass is 10.1. The zero-order valence-electron chi connectivity index (χ0n) is 10.2. The summed E-state index contributed by atoms with van der Waals surface area (Å²) in [6.45, 7) is 0. The molecule has 0 spiro atoms. The van der Waals surface area contributed by atoms with Crippen LogP contribution in [0.2, 0.25) is 0 Å². The van der Waals surface area contributed by atoms with Crippen molar-refractivity contribution < 1.29 is 9.90 Å². The molecule has 1 heterocycles. The van der Waals surface area contributed by atoms with Crippen LogP contribution in [0.4, 0.5) is 5.69 Å². The van der Waals surface area contributed by atoms with Gasteiger partial charge in [0, 0.05) is 15.5 Å². The lowest BCUT2D eigenvalue weighted by molar-refractivity contribution is 0.102. The molecule has 0 aliphatic rings. The van der Waals surface area contributed by atoms with Crippen LogP contribution in [0, 0.1) is 0 Å². The van der Waals surface area contributed by atoms with Gasteiger partial charge in [-0.05, 0) is 36.4 Å². The molecule has 100 valence electrons. The van der Waals surface area contributed by atoms with Gasteiger partial charge in [0.1, 0.15) is 5.75 Å². The van der Waals surface area contributed by atoms with E-state index >= 15 is 0 Å². The topological polar surface area (TPSA) is 78.0 Å². The van der Waals surface area contributed by atoms with Gasteiger partial charge in [0.25, 0.3) is 5.91 Å². The normalized spacial score (nSPS) is 10.7. The second-order valence-corrected chi connectivity index (χ2v) is 5.20. The van der Waals surface area contributed by atoms with Crippen LogP contribution >= 0.6 is 15.9 Å². The molecule has 6 heteroatoms. The van der Waals surface area contributed by atoms with E-state index < -0.39 is 0 Å². The lowest BCUT2D eigenvalue weighted by Gasteiger charge is -2.07. The Morgan fingerprint density at radius 2 is 2.10 bits per heavy atom. The Balaban J connectivity index is 1.89. The molecule has 0 fully saturated rings. The number of carbonyl (C=O) groups excluding carboxylic acids is 1. The lowest BCUT2D eigenvalue weighted by Crippen LogP contribution is -2.12. The number of aromatic nitrogens is 2. The number of anilines is 1. The van der Waals surface area contributed by atoms with Crippen molar-refractivity contribution in [3.8, 4) is 5.75 Å². The highest BCUT2D eigenvalue weighted by Gasteiger charge is 2.12. The van der Waals surface area contributed by atoms with E-state index in [1.54, 1.807) is 24.4 Å². The van der Waals surface area contributed by atoms with Crippen LogP contribution in [0.15, 0.2) is 47.1 Å². The van der Waals surface area contributed by atoms with Crippen molar-refractivity contribution in [2.45, 2.75) is 0 Å². The van der Waals surface area contributed by atoms with Gasteiger partial charge in [-0.15, -0.1) is 0 Å². The summed E-state index contributed by atoms with van der Waals surface area (Å²) in [6, 6.07) is 10.1. The predicted molar refractivity (Wildman–Crippen MR) is 79.9 cm³/mol. The van der Waals surface area contributed by atoms with Crippen LogP contribution in [0.5, 0.6) is 5.75 Å². The SMILES string of the molecule is O=C(Nc1ccc2[nH]ncc2c1)c1cc(Br)ccc1O. The molecule has 0 saturated heterocycles. The number of aromatic hydroxyl groups is 1. The molecule has 0 radical (unpaired) electrons. The van der Waals surface area contributed by atoms with Gasteiger partial charge in [-0.3, -0.25) is 9.89 Å². The van der Waals surface area contributed by atoms with Crippen molar-refractivity contribution in [3.05, 3.63) is 52.6 Å². The number of phenolic OH excluding ortho intramolecular Hbond substituents is 1. The van der Waals surface area contributed by atoms with E-state index in [2.05, 4.69) is 31.4 Å².